The summed E-state index contributed by atoms with van der Waals surface area (Å²) in [5.41, 5.74) is 3.65. The number of rotatable bonds is 3. The van der Waals surface area contributed by atoms with E-state index in [4.69, 9.17) is 15.5 Å². The van der Waals surface area contributed by atoms with Crippen molar-refractivity contribution in [1.29, 1.82) is 5.26 Å². The highest BCUT2D eigenvalue weighted by Gasteiger charge is 2.10. The van der Waals surface area contributed by atoms with Crippen LogP contribution in [0.4, 0.5) is 0 Å². The summed E-state index contributed by atoms with van der Waals surface area (Å²) in [5.74, 6) is 5.42. The maximum atomic E-state index is 11.3. The van der Waals surface area contributed by atoms with Gasteiger partial charge >= 0.3 is 5.91 Å². The Balaban J connectivity index is 1.90. The lowest BCUT2D eigenvalue weighted by molar-refractivity contribution is 0.0924. The maximum Gasteiger partial charge on any atom is 0.300 e. The van der Waals surface area contributed by atoms with E-state index < -0.39 is 5.91 Å². The summed E-state index contributed by atoms with van der Waals surface area (Å²) in [6.45, 7) is 0.493. The van der Waals surface area contributed by atoms with Gasteiger partial charge in [-0.15, -0.1) is 0 Å². The number of amides is 1. The molecule has 1 aromatic carbocycles. The van der Waals surface area contributed by atoms with Gasteiger partial charge in [-0.2, -0.15) is 5.26 Å². The summed E-state index contributed by atoms with van der Waals surface area (Å²) in [4.78, 5) is 11.3. The summed E-state index contributed by atoms with van der Waals surface area (Å²) in [6, 6.07) is 12.9. The fraction of sp³-hybridized carbons (Fsp3) is 0.0667. The van der Waals surface area contributed by atoms with Crippen LogP contribution in [-0.4, -0.2) is 10.5 Å². The molecule has 3 aromatic rings. The number of nitrogens with zero attached hydrogens (tertiary/aromatic N) is 2. The fourth-order valence-electron chi connectivity index (χ4n) is 2.23. The molecule has 3 N–H and O–H groups in total. The molecule has 0 atom stereocenters. The molecule has 21 heavy (non-hydrogen) atoms. The molecule has 0 bridgehead atoms. The van der Waals surface area contributed by atoms with Gasteiger partial charge in [-0.3, -0.25) is 10.2 Å². The lowest BCUT2D eigenvalue weighted by Gasteiger charge is -2.03. The number of furan rings is 1. The third kappa shape index (κ3) is 2.38. The summed E-state index contributed by atoms with van der Waals surface area (Å²) >= 11 is 0. The highest BCUT2D eigenvalue weighted by Crippen LogP contribution is 2.19. The van der Waals surface area contributed by atoms with E-state index in [1.54, 1.807) is 18.2 Å². The molecule has 0 unspecified atom stereocenters. The van der Waals surface area contributed by atoms with Gasteiger partial charge in [0.25, 0.3) is 0 Å². The number of nitrogens with one attached hydrogen (secondary N) is 1. The van der Waals surface area contributed by atoms with E-state index in [0.29, 0.717) is 17.9 Å². The molecule has 0 saturated heterocycles. The monoisotopic (exact) mass is 280 g/mol. The minimum atomic E-state index is -0.461. The molecule has 0 aliphatic heterocycles. The van der Waals surface area contributed by atoms with Crippen LogP contribution in [0.1, 0.15) is 21.9 Å². The van der Waals surface area contributed by atoms with Crippen molar-refractivity contribution in [2.75, 3.05) is 0 Å². The SMILES string of the molecule is N#Cc1ccc2c(ccn2Cc2ccc(C(=O)NN)o2)c1. The molecule has 104 valence electrons. The van der Waals surface area contributed by atoms with Crippen molar-refractivity contribution < 1.29 is 9.21 Å². The van der Waals surface area contributed by atoms with Gasteiger partial charge in [-0.25, -0.2) is 5.84 Å². The normalized spacial score (nSPS) is 10.5. The average Bonchev–Trinajstić information content (AvgIpc) is 3.14. The van der Waals surface area contributed by atoms with Crippen molar-refractivity contribution in [1.82, 2.24) is 9.99 Å². The molecule has 0 aliphatic carbocycles. The van der Waals surface area contributed by atoms with E-state index in [2.05, 4.69) is 6.07 Å². The number of fused-ring (bicyclic) bond motifs is 1. The number of hydrogen-bond acceptors (Lipinski definition) is 4. The Hall–Kier alpha value is -3.04. The number of nitrogens with two attached hydrogens (primary N) is 1. The van der Waals surface area contributed by atoms with Crippen molar-refractivity contribution in [3.8, 4) is 6.07 Å². The molecule has 1 amide bonds. The van der Waals surface area contributed by atoms with Crippen LogP contribution in [0.25, 0.3) is 10.9 Å². The molecule has 3 rings (SSSR count). The smallest absolute Gasteiger partial charge is 0.300 e. The van der Waals surface area contributed by atoms with Gasteiger partial charge < -0.3 is 8.98 Å². The number of nitrogen functional groups attached to an aromatic ring is 1. The minimum absolute atomic E-state index is 0.177. The van der Waals surface area contributed by atoms with E-state index in [1.807, 2.05) is 34.4 Å². The van der Waals surface area contributed by atoms with Crippen LogP contribution in [-0.2, 0) is 6.54 Å². The first-order chi connectivity index (χ1) is 10.2. The number of aromatic nitrogens is 1. The Kier molecular flexibility index (Phi) is 3.18. The maximum absolute atomic E-state index is 11.3. The van der Waals surface area contributed by atoms with Crippen LogP contribution in [0, 0.1) is 11.3 Å². The summed E-state index contributed by atoms with van der Waals surface area (Å²) in [7, 11) is 0. The Bertz CT molecular complexity index is 854. The van der Waals surface area contributed by atoms with Gasteiger partial charge in [0.15, 0.2) is 5.76 Å². The van der Waals surface area contributed by atoms with Crippen LogP contribution in [0.3, 0.4) is 0 Å². The van der Waals surface area contributed by atoms with Gasteiger partial charge in [-0.1, -0.05) is 0 Å². The molecule has 0 radical (unpaired) electrons. The van der Waals surface area contributed by atoms with E-state index in [9.17, 15) is 4.79 Å². The standard InChI is InChI=1S/C15H12N4O2/c16-8-10-1-3-13-11(7-10)5-6-19(13)9-12-2-4-14(21-12)15(20)18-17/h1-7H,9,17H2,(H,18,20). The van der Waals surface area contributed by atoms with Crippen LogP contribution in [0.2, 0.25) is 0 Å². The lowest BCUT2D eigenvalue weighted by Crippen LogP contribution is -2.29. The molecular weight excluding hydrogens is 268 g/mol. The first kappa shape index (κ1) is 13.0. The van der Waals surface area contributed by atoms with Gasteiger partial charge in [0.1, 0.15) is 5.76 Å². The van der Waals surface area contributed by atoms with Crippen molar-refractivity contribution >= 4 is 16.8 Å². The molecule has 6 heteroatoms. The third-order valence-corrected chi connectivity index (χ3v) is 3.24. The largest absolute Gasteiger partial charge is 0.454 e. The van der Waals surface area contributed by atoms with Crippen molar-refractivity contribution in [2.24, 2.45) is 5.84 Å². The Morgan fingerprint density at radius 2 is 2.19 bits per heavy atom. The minimum Gasteiger partial charge on any atom is -0.454 e. The van der Waals surface area contributed by atoms with E-state index >= 15 is 0 Å². The molecule has 0 fully saturated rings. The number of benzene rings is 1. The predicted molar refractivity (Wildman–Crippen MR) is 76.1 cm³/mol. The van der Waals surface area contributed by atoms with Crippen LogP contribution >= 0.6 is 0 Å². The summed E-state index contributed by atoms with van der Waals surface area (Å²) in [6.07, 6.45) is 1.91. The van der Waals surface area contributed by atoms with Gasteiger partial charge in [-0.05, 0) is 36.4 Å². The third-order valence-electron chi connectivity index (χ3n) is 3.24. The molecule has 0 spiro atoms. The van der Waals surface area contributed by atoms with Crippen molar-refractivity contribution in [2.45, 2.75) is 6.54 Å². The molecule has 2 aromatic heterocycles. The van der Waals surface area contributed by atoms with Crippen molar-refractivity contribution in [3.63, 3.8) is 0 Å². The Morgan fingerprint density at radius 1 is 1.33 bits per heavy atom. The number of hydrogen-bond donors (Lipinski definition) is 2. The highest BCUT2D eigenvalue weighted by atomic mass is 16.4. The zero-order chi connectivity index (χ0) is 14.8. The lowest BCUT2D eigenvalue weighted by atomic mass is 10.2. The second kappa shape index (κ2) is 5.15. The number of hydrazine groups is 1. The van der Waals surface area contributed by atoms with E-state index in [0.717, 1.165) is 10.9 Å². The molecule has 6 nitrogen and oxygen atoms in total. The molecule has 0 saturated carbocycles. The molecule has 2 heterocycles. The zero-order valence-electron chi connectivity index (χ0n) is 11.0. The summed E-state index contributed by atoms with van der Waals surface area (Å²) in [5, 5.41) is 9.88. The first-order valence-corrected chi connectivity index (χ1v) is 6.30. The average molecular weight is 280 g/mol. The van der Waals surface area contributed by atoms with Gasteiger partial charge in [0.05, 0.1) is 18.2 Å². The fourth-order valence-corrected chi connectivity index (χ4v) is 2.23. The van der Waals surface area contributed by atoms with E-state index in [-0.39, 0.29) is 5.76 Å². The Morgan fingerprint density at radius 3 is 2.95 bits per heavy atom. The van der Waals surface area contributed by atoms with Crippen LogP contribution < -0.4 is 11.3 Å². The molecule has 0 aliphatic rings. The number of nitriles is 1. The van der Waals surface area contributed by atoms with E-state index in [1.165, 1.54) is 0 Å². The summed E-state index contributed by atoms with van der Waals surface area (Å²) < 4.78 is 7.42. The van der Waals surface area contributed by atoms with Gasteiger partial charge in [0, 0.05) is 17.1 Å². The van der Waals surface area contributed by atoms with Crippen LogP contribution in [0.5, 0.6) is 0 Å². The number of carbonyl (C=O) groups excluding carboxylic acids is 1. The highest BCUT2D eigenvalue weighted by molar-refractivity contribution is 5.90. The number of carbonyl (C=O) groups is 1. The second-order valence-electron chi connectivity index (χ2n) is 4.57. The zero-order valence-corrected chi connectivity index (χ0v) is 11.0. The van der Waals surface area contributed by atoms with Crippen molar-refractivity contribution in [3.05, 3.63) is 59.7 Å². The van der Waals surface area contributed by atoms with Crippen LogP contribution in [0.15, 0.2) is 47.0 Å². The predicted octanol–water partition coefficient (Wildman–Crippen LogP) is 1.76. The second-order valence-corrected chi connectivity index (χ2v) is 4.57. The quantitative estimate of drug-likeness (QED) is 0.434. The van der Waals surface area contributed by atoms with Gasteiger partial charge in [0.2, 0.25) is 0 Å². The topological polar surface area (TPSA) is 97.0 Å². The Labute approximate surface area is 120 Å². The first-order valence-electron chi connectivity index (χ1n) is 6.30. The molecular formula is C15H12N4O2.